The summed E-state index contributed by atoms with van der Waals surface area (Å²) in [5.41, 5.74) is 3.04. The number of nitrogens with zero attached hydrogens (tertiary/aromatic N) is 3. The summed E-state index contributed by atoms with van der Waals surface area (Å²) in [6.45, 7) is 0.731. The number of aryl methyl sites for hydroxylation is 1. The van der Waals surface area contributed by atoms with Crippen LogP contribution in [0.3, 0.4) is 0 Å². The summed E-state index contributed by atoms with van der Waals surface area (Å²) in [6.07, 6.45) is 5.53. The predicted molar refractivity (Wildman–Crippen MR) is 109 cm³/mol. The Morgan fingerprint density at radius 1 is 1.07 bits per heavy atom. The quantitative estimate of drug-likeness (QED) is 0.495. The molecule has 2 heterocycles. The molecule has 0 bridgehead atoms. The van der Waals surface area contributed by atoms with E-state index < -0.39 is 0 Å². The van der Waals surface area contributed by atoms with E-state index in [1.807, 2.05) is 59.4 Å². The van der Waals surface area contributed by atoms with E-state index in [4.69, 9.17) is 4.98 Å². The van der Waals surface area contributed by atoms with E-state index in [0.717, 1.165) is 35.4 Å². The van der Waals surface area contributed by atoms with E-state index in [1.54, 1.807) is 6.20 Å². The molecular weight excluding hydrogens is 350 g/mol. The van der Waals surface area contributed by atoms with Gasteiger partial charge < -0.3 is 10.3 Å². The van der Waals surface area contributed by atoms with E-state index in [-0.39, 0.29) is 11.9 Å². The Hall–Kier alpha value is -3.41. The predicted octanol–water partition coefficient (Wildman–Crippen LogP) is 3.64. The highest BCUT2D eigenvalue weighted by Crippen LogP contribution is 2.20. The molecule has 6 heteroatoms. The summed E-state index contributed by atoms with van der Waals surface area (Å²) in [7, 11) is 0. The van der Waals surface area contributed by atoms with Gasteiger partial charge in [-0.25, -0.2) is 4.98 Å². The number of amides is 1. The fourth-order valence-electron chi connectivity index (χ4n) is 3.30. The molecule has 142 valence electrons. The Bertz CT molecular complexity index is 990. The van der Waals surface area contributed by atoms with Crippen LogP contribution in [0.2, 0.25) is 0 Å². The van der Waals surface area contributed by atoms with E-state index in [1.165, 1.54) is 0 Å². The lowest BCUT2D eigenvalue weighted by Gasteiger charge is -2.17. The van der Waals surface area contributed by atoms with Crippen LogP contribution in [0.5, 0.6) is 0 Å². The molecule has 0 spiro atoms. The summed E-state index contributed by atoms with van der Waals surface area (Å²) in [4.78, 5) is 20.6. The molecule has 0 aliphatic heterocycles. The maximum absolute atomic E-state index is 12.6. The molecule has 0 aliphatic rings. The first kappa shape index (κ1) is 18.0. The largest absolute Gasteiger partial charge is 0.346 e. The summed E-state index contributed by atoms with van der Waals surface area (Å²) in [5.74, 6) is 0.805. The standard InChI is InChI=1S/C22H23N5O/c28-21(12-6-14-27-15-7-13-23-27)24-20(16-17-8-2-1-3-9-17)22-25-18-10-4-5-11-19(18)26-22/h1-5,7-11,13,15,20H,6,12,14,16H2,(H,24,28)(H,25,26)/t20-/m0/s1. The van der Waals surface area contributed by atoms with Gasteiger partial charge in [0, 0.05) is 25.4 Å². The van der Waals surface area contributed by atoms with Gasteiger partial charge in [0.1, 0.15) is 5.82 Å². The molecule has 28 heavy (non-hydrogen) atoms. The van der Waals surface area contributed by atoms with Gasteiger partial charge in [0.2, 0.25) is 5.91 Å². The van der Waals surface area contributed by atoms with Gasteiger partial charge in [0.15, 0.2) is 0 Å². The highest BCUT2D eigenvalue weighted by molar-refractivity contribution is 5.77. The first-order chi connectivity index (χ1) is 13.8. The van der Waals surface area contributed by atoms with Gasteiger partial charge in [-0.1, -0.05) is 42.5 Å². The lowest BCUT2D eigenvalue weighted by Crippen LogP contribution is -2.30. The molecule has 1 amide bonds. The second-order valence-electron chi connectivity index (χ2n) is 6.82. The number of rotatable bonds is 8. The van der Waals surface area contributed by atoms with Crippen LogP contribution >= 0.6 is 0 Å². The van der Waals surface area contributed by atoms with Crippen molar-refractivity contribution in [3.63, 3.8) is 0 Å². The maximum atomic E-state index is 12.6. The van der Waals surface area contributed by atoms with E-state index >= 15 is 0 Å². The molecule has 0 saturated heterocycles. The first-order valence-electron chi connectivity index (χ1n) is 9.53. The molecule has 0 aliphatic carbocycles. The molecule has 0 fully saturated rings. The number of aromatic nitrogens is 4. The molecule has 2 aromatic carbocycles. The summed E-state index contributed by atoms with van der Waals surface area (Å²) in [6, 6.07) is 19.8. The monoisotopic (exact) mass is 373 g/mol. The lowest BCUT2D eigenvalue weighted by molar-refractivity contribution is -0.122. The molecule has 2 N–H and O–H groups in total. The fraction of sp³-hybridized carbons (Fsp3) is 0.227. The van der Waals surface area contributed by atoms with Crippen molar-refractivity contribution in [3.05, 3.63) is 84.4 Å². The van der Waals surface area contributed by atoms with Gasteiger partial charge in [0.05, 0.1) is 17.1 Å². The van der Waals surface area contributed by atoms with Crippen molar-refractivity contribution in [1.82, 2.24) is 25.1 Å². The molecule has 6 nitrogen and oxygen atoms in total. The number of aromatic amines is 1. The number of H-pyrrole nitrogens is 1. The van der Waals surface area contributed by atoms with E-state index in [9.17, 15) is 4.79 Å². The van der Waals surface area contributed by atoms with Gasteiger partial charge in [-0.3, -0.25) is 9.48 Å². The minimum Gasteiger partial charge on any atom is -0.346 e. The highest BCUT2D eigenvalue weighted by Gasteiger charge is 2.19. The SMILES string of the molecule is O=C(CCCn1cccn1)N[C@@H](Cc1ccccc1)c1nc2ccccc2[nH]1. The molecule has 1 atom stereocenters. The number of carbonyl (C=O) groups is 1. The number of carbonyl (C=O) groups excluding carboxylic acids is 1. The number of nitrogens with one attached hydrogen (secondary N) is 2. The molecule has 2 aromatic heterocycles. The van der Waals surface area contributed by atoms with Gasteiger partial charge in [0.25, 0.3) is 0 Å². The zero-order chi connectivity index (χ0) is 19.2. The molecule has 0 saturated carbocycles. The first-order valence-corrected chi connectivity index (χ1v) is 9.53. The highest BCUT2D eigenvalue weighted by atomic mass is 16.1. The molecule has 0 unspecified atom stereocenters. The van der Waals surface area contributed by atoms with Gasteiger partial charge in [-0.2, -0.15) is 5.10 Å². The van der Waals surface area contributed by atoms with Crippen LogP contribution in [0.1, 0.15) is 30.3 Å². The van der Waals surface area contributed by atoms with Crippen LogP contribution in [0.4, 0.5) is 0 Å². The van der Waals surface area contributed by atoms with Crippen molar-refractivity contribution in [2.24, 2.45) is 0 Å². The number of hydrogen-bond donors (Lipinski definition) is 2. The summed E-state index contributed by atoms with van der Waals surface area (Å²) >= 11 is 0. The summed E-state index contributed by atoms with van der Waals surface area (Å²) < 4.78 is 1.84. The van der Waals surface area contributed by atoms with Crippen molar-refractivity contribution in [2.45, 2.75) is 31.8 Å². The Morgan fingerprint density at radius 3 is 2.68 bits per heavy atom. The Labute approximate surface area is 163 Å². The Balaban J connectivity index is 1.46. The number of imidazole rings is 1. The van der Waals surface area contributed by atoms with Crippen molar-refractivity contribution in [3.8, 4) is 0 Å². The second kappa shape index (κ2) is 8.52. The number of fused-ring (bicyclic) bond motifs is 1. The van der Waals surface area contributed by atoms with Crippen molar-refractivity contribution in [1.29, 1.82) is 0 Å². The Kier molecular flexibility index (Phi) is 5.47. The molecular formula is C22H23N5O. The van der Waals surface area contributed by atoms with Crippen molar-refractivity contribution >= 4 is 16.9 Å². The van der Waals surface area contributed by atoms with Crippen LogP contribution in [0, 0.1) is 0 Å². The average molecular weight is 373 g/mol. The minimum atomic E-state index is -0.202. The summed E-state index contributed by atoms with van der Waals surface area (Å²) in [5, 5.41) is 7.33. The van der Waals surface area contributed by atoms with Crippen LogP contribution in [0.25, 0.3) is 11.0 Å². The van der Waals surface area contributed by atoms with Gasteiger partial charge in [-0.15, -0.1) is 0 Å². The van der Waals surface area contributed by atoms with E-state index in [0.29, 0.717) is 12.8 Å². The third kappa shape index (κ3) is 4.46. The van der Waals surface area contributed by atoms with Gasteiger partial charge in [-0.05, 0) is 36.6 Å². The van der Waals surface area contributed by atoms with Crippen molar-refractivity contribution in [2.75, 3.05) is 0 Å². The third-order valence-corrected chi connectivity index (χ3v) is 4.71. The maximum Gasteiger partial charge on any atom is 0.220 e. The number of para-hydroxylation sites is 2. The van der Waals surface area contributed by atoms with Crippen LogP contribution < -0.4 is 5.32 Å². The number of benzene rings is 2. The fourth-order valence-corrected chi connectivity index (χ4v) is 3.30. The lowest BCUT2D eigenvalue weighted by atomic mass is 10.1. The zero-order valence-electron chi connectivity index (χ0n) is 15.6. The van der Waals surface area contributed by atoms with Gasteiger partial charge >= 0.3 is 0 Å². The van der Waals surface area contributed by atoms with Crippen molar-refractivity contribution < 1.29 is 4.79 Å². The minimum absolute atomic E-state index is 0.0218. The molecule has 0 radical (unpaired) electrons. The Morgan fingerprint density at radius 2 is 1.89 bits per heavy atom. The normalized spacial score (nSPS) is 12.1. The van der Waals surface area contributed by atoms with Crippen LogP contribution in [-0.4, -0.2) is 25.7 Å². The third-order valence-electron chi connectivity index (χ3n) is 4.71. The topological polar surface area (TPSA) is 75.6 Å². The van der Waals surface area contributed by atoms with Crippen LogP contribution in [-0.2, 0) is 17.8 Å². The zero-order valence-corrected chi connectivity index (χ0v) is 15.6. The van der Waals surface area contributed by atoms with E-state index in [2.05, 4.69) is 27.5 Å². The average Bonchev–Trinajstić information content (AvgIpc) is 3.38. The number of hydrogen-bond acceptors (Lipinski definition) is 3. The molecule has 4 rings (SSSR count). The molecule has 4 aromatic rings. The second-order valence-corrected chi connectivity index (χ2v) is 6.82. The smallest absolute Gasteiger partial charge is 0.220 e. The van der Waals surface area contributed by atoms with Crippen LogP contribution in [0.15, 0.2) is 73.1 Å².